The van der Waals surface area contributed by atoms with Crippen molar-refractivity contribution in [1.82, 2.24) is 0 Å². The van der Waals surface area contributed by atoms with Crippen LogP contribution in [-0.4, -0.2) is 17.4 Å². The molecule has 3 nitrogen and oxygen atoms in total. The zero-order chi connectivity index (χ0) is 11.5. The molecule has 1 rings (SSSR count). The number of aldehydes is 1. The molecule has 1 aliphatic carbocycles. The van der Waals surface area contributed by atoms with Gasteiger partial charge in [0.05, 0.1) is 5.92 Å². The Labute approximate surface area is 89.5 Å². The average molecular weight is 208 g/mol. The Balaban J connectivity index is 2.89. The molecule has 0 radical (unpaired) electrons. The van der Waals surface area contributed by atoms with Gasteiger partial charge in [0.1, 0.15) is 6.29 Å². The predicted molar refractivity (Wildman–Crippen MR) is 57.4 cm³/mol. The lowest BCUT2D eigenvalue weighted by atomic mass is 9.69. The second-order valence-electron chi connectivity index (χ2n) is 4.32. The summed E-state index contributed by atoms with van der Waals surface area (Å²) < 4.78 is 0. The molecule has 0 saturated carbocycles. The lowest BCUT2D eigenvalue weighted by Gasteiger charge is -2.34. The molecule has 0 aromatic rings. The molecule has 0 fully saturated rings. The molecule has 1 aliphatic rings. The molecule has 0 aliphatic heterocycles. The van der Waals surface area contributed by atoms with Crippen molar-refractivity contribution in [2.75, 3.05) is 0 Å². The van der Waals surface area contributed by atoms with Gasteiger partial charge in [-0.05, 0) is 6.42 Å². The Morgan fingerprint density at radius 2 is 2.27 bits per heavy atom. The van der Waals surface area contributed by atoms with Crippen LogP contribution in [-0.2, 0) is 9.59 Å². The zero-order valence-corrected chi connectivity index (χ0v) is 9.06. The molecule has 0 spiro atoms. The Morgan fingerprint density at radius 1 is 1.60 bits per heavy atom. The molecule has 1 atom stereocenters. The van der Waals surface area contributed by atoms with Crippen LogP contribution in [0.5, 0.6) is 0 Å². The molecule has 0 amide bonds. The first-order valence-corrected chi connectivity index (χ1v) is 5.04. The molecule has 3 heteroatoms. The topological polar surface area (TPSA) is 54.4 Å². The third kappa shape index (κ3) is 2.35. The molecule has 0 saturated heterocycles. The van der Waals surface area contributed by atoms with Crippen molar-refractivity contribution in [3.05, 3.63) is 23.8 Å². The van der Waals surface area contributed by atoms with E-state index in [2.05, 4.69) is 0 Å². The van der Waals surface area contributed by atoms with E-state index < -0.39 is 17.3 Å². The van der Waals surface area contributed by atoms with E-state index >= 15 is 0 Å². The van der Waals surface area contributed by atoms with Crippen LogP contribution >= 0.6 is 0 Å². The molecular formula is C12H16O3. The molecule has 1 N–H and O–H groups in total. The molecule has 1 unspecified atom stereocenters. The van der Waals surface area contributed by atoms with Crippen LogP contribution in [0.15, 0.2) is 23.8 Å². The van der Waals surface area contributed by atoms with E-state index in [-0.39, 0.29) is 0 Å². The SMILES string of the molecule is CC1(C)C(CCC=O)=CC=CC1C(=O)O. The van der Waals surface area contributed by atoms with Gasteiger partial charge in [-0.15, -0.1) is 0 Å². The average Bonchev–Trinajstić information content (AvgIpc) is 2.14. The van der Waals surface area contributed by atoms with Crippen LogP contribution in [0.2, 0.25) is 0 Å². The van der Waals surface area contributed by atoms with Crippen LogP contribution < -0.4 is 0 Å². The first-order valence-electron chi connectivity index (χ1n) is 5.04. The normalized spacial score (nSPS) is 23.3. The third-order valence-corrected chi connectivity index (χ3v) is 3.00. The summed E-state index contributed by atoms with van der Waals surface area (Å²) in [6.07, 6.45) is 7.35. The number of carboxylic acid groups (broad SMARTS) is 1. The largest absolute Gasteiger partial charge is 0.481 e. The van der Waals surface area contributed by atoms with E-state index in [0.717, 1.165) is 11.9 Å². The number of aliphatic carboxylic acids is 1. The summed E-state index contributed by atoms with van der Waals surface area (Å²) in [6, 6.07) is 0. The van der Waals surface area contributed by atoms with Gasteiger partial charge in [-0.1, -0.05) is 37.6 Å². The van der Waals surface area contributed by atoms with Crippen molar-refractivity contribution >= 4 is 12.3 Å². The number of carbonyl (C=O) groups excluding carboxylic acids is 1. The molecule has 15 heavy (non-hydrogen) atoms. The number of allylic oxidation sites excluding steroid dienone is 3. The molecule has 0 heterocycles. The fourth-order valence-corrected chi connectivity index (χ4v) is 1.95. The highest BCUT2D eigenvalue weighted by molar-refractivity contribution is 5.74. The predicted octanol–water partition coefficient (Wildman–Crippen LogP) is 2.19. The van der Waals surface area contributed by atoms with Crippen LogP contribution in [0, 0.1) is 11.3 Å². The van der Waals surface area contributed by atoms with Gasteiger partial charge in [0.25, 0.3) is 0 Å². The van der Waals surface area contributed by atoms with E-state index in [1.807, 2.05) is 19.9 Å². The van der Waals surface area contributed by atoms with Gasteiger partial charge in [-0.3, -0.25) is 4.79 Å². The van der Waals surface area contributed by atoms with Crippen LogP contribution in [0.3, 0.4) is 0 Å². The number of hydrogen-bond donors (Lipinski definition) is 1. The Bertz CT molecular complexity index is 324. The van der Waals surface area contributed by atoms with Crippen molar-refractivity contribution in [1.29, 1.82) is 0 Å². The second kappa shape index (κ2) is 4.43. The molecule has 0 aromatic heterocycles. The molecule has 0 aromatic carbocycles. The fraction of sp³-hybridized carbons (Fsp3) is 0.500. The molecule has 82 valence electrons. The third-order valence-electron chi connectivity index (χ3n) is 3.00. The summed E-state index contributed by atoms with van der Waals surface area (Å²) >= 11 is 0. The van der Waals surface area contributed by atoms with Gasteiger partial charge >= 0.3 is 5.97 Å². The first-order chi connectivity index (χ1) is 7.00. The number of carboxylic acids is 1. The van der Waals surface area contributed by atoms with Crippen LogP contribution in [0.25, 0.3) is 0 Å². The highest BCUT2D eigenvalue weighted by Gasteiger charge is 2.37. The van der Waals surface area contributed by atoms with Gasteiger partial charge in [-0.25, -0.2) is 0 Å². The van der Waals surface area contributed by atoms with E-state index in [1.165, 1.54) is 0 Å². The number of hydrogen-bond acceptors (Lipinski definition) is 2. The monoisotopic (exact) mass is 208 g/mol. The summed E-state index contributed by atoms with van der Waals surface area (Å²) in [6.45, 7) is 3.82. The minimum atomic E-state index is -0.812. The van der Waals surface area contributed by atoms with E-state index in [0.29, 0.717) is 12.8 Å². The van der Waals surface area contributed by atoms with Gasteiger partial charge in [0, 0.05) is 11.8 Å². The summed E-state index contributed by atoms with van der Waals surface area (Å²) in [5.74, 6) is -1.31. The highest BCUT2D eigenvalue weighted by atomic mass is 16.4. The van der Waals surface area contributed by atoms with Crippen molar-refractivity contribution in [2.45, 2.75) is 26.7 Å². The van der Waals surface area contributed by atoms with E-state index in [9.17, 15) is 9.59 Å². The standard InChI is InChI=1S/C12H16O3/c1-12(2)9(6-4-8-13)5-3-7-10(12)11(14)15/h3,5,7-8,10H,4,6H2,1-2H3,(H,14,15). The van der Waals surface area contributed by atoms with Crippen molar-refractivity contribution in [3.63, 3.8) is 0 Å². The van der Waals surface area contributed by atoms with Gasteiger partial charge in [0.2, 0.25) is 0 Å². The minimum Gasteiger partial charge on any atom is -0.481 e. The highest BCUT2D eigenvalue weighted by Crippen LogP contribution is 2.40. The van der Waals surface area contributed by atoms with Crippen LogP contribution in [0.1, 0.15) is 26.7 Å². The van der Waals surface area contributed by atoms with Crippen molar-refractivity contribution in [3.8, 4) is 0 Å². The van der Waals surface area contributed by atoms with E-state index in [1.54, 1.807) is 12.2 Å². The maximum absolute atomic E-state index is 11.0. The fourth-order valence-electron chi connectivity index (χ4n) is 1.95. The first kappa shape index (κ1) is 11.7. The van der Waals surface area contributed by atoms with Gasteiger partial charge < -0.3 is 9.90 Å². The van der Waals surface area contributed by atoms with Crippen molar-refractivity contribution < 1.29 is 14.7 Å². The maximum Gasteiger partial charge on any atom is 0.311 e. The summed E-state index contributed by atoms with van der Waals surface area (Å²) in [7, 11) is 0. The smallest absolute Gasteiger partial charge is 0.311 e. The number of carbonyl (C=O) groups is 2. The quantitative estimate of drug-likeness (QED) is 0.720. The van der Waals surface area contributed by atoms with Gasteiger partial charge in [-0.2, -0.15) is 0 Å². The Hall–Kier alpha value is -1.38. The van der Waals surface area contributed by atoms with Crippen molar-refractivity contribution in [2.24, 2.45) is 11.3 Å². The number of rotatable bonds is 4. The minimum absolute atomic E-state index is 0.399. The van der Waals surface area contributed by atoms with E-state index in [4.69, 9.17) is 5.11 Å². The summed E-state index contributed by atoms with van der Waals surface area (Å²) in [5, 5.41) is 9.07. The van der Waals surface area contributed by atoms with Crippen LogP contribution in [0.4, 0.5) is 0 Å². The Kier molecular flexibility index (Phi) is 3.45. The lowest BCUT2D eigenvalue weighted by Crippen LogP contribution is -2.32. The second-order valence-corrected chi connectivity index (χ2v) is 4.32. The molecular weight excluding hydrogens is 192 g/mol. The lowest BCUT2D eigenvalue weighted by molar-refractivity contribution is -0.142. The maximum atomic E-state index is 11.0. The summed E-state index contributed by atoms with van der Waals surface area (Å²) in [5.41, 5.74) is 0.633. The molecule has 0 bridgehead atoms. The van der Waals surface area contributed by atoms with Gasteiger partial charge in [0.15, 0.2) is 0 Å². The zero-order valence-electron chi connectivity index (χ0n) is 9.06. The summed E-state index contributed by atoms with van der Waals surface area (Å²) in [4.78, 5) is 21.4. The Morgan fingerprint density at radius 3 is 2.80 bits per heavy atom.